The fraction of sp³-hybridized carbons (Fsp3) is 0.636. The Morgan fingerprint density at radius 1 is 1.53 bits per heavy atom. The first-order chi connectivity index (χ1) is 8.00. The summed E-state index contributed by atoms with van der Waals surface area (Å²) in [5.74, 6) is -1.16. The Hall–Kier alpha value is -1.14. The zero-order chi connectivity index (χ0) is 12.8. The summed E-state index contributed by atoms with van der Waals surface area (Å²) in [6.07, 6.45) is 1.74. The van der Waals surface area contributed by atoms with Gasteiger partial charge in [-0.3, -0.25) is 4.79 Å². The first-order valence-corrected chi connectivity index (χ1v) is 6.40. The van der Waals surface area contributed by atoms with Gasteiger partial charge in [0.15, 0.2) is 5.13 Å². The number of aromatic nitrogens is 1. The minimum atomic E-state index is -0.767. The number of thiazole rings is 1. The molecule has 0 aliphatic rings. The lowest BCUT2D eigenvalue weighted by atomic mass is 10.2. The van der Waals surface area contributed by atoms with Gasteiger partial charge < -0.3 is 14.9 Å². The van der Waals surface area contributed by atoms with Gasteiger partial charge >= 0.3 is 5.97 Å². The topological polar surface area (TPSA) is 56.7 Å². The molecule has 5 nitrogen and oxygen atoms in total. The van der Waals surface area contributed by atoms with Crippen molar-refractivity contribution in [3.63, 3.8) is 0 Å². The Kier molecular flexibility index (Phi) is 5.37. The fourth-order valence-corrected chi connectivity index (χ4v) is 2.05. The van der Waals surface area contributed by atoms with Crippen LogP contribution in [0.1, 0.15) is 6.92 Å². The zero-order valence-corrected chi connectivity index (χ0v) is 11.3. The number of hydrogen-bond donors (Lipinski definition) is 1. The highest BCUT2D eigenvalue weighted by molar-refractivity contribution is 7.13. The summed E-state index contributed by atoms with van der Waals surface area (Å²) in [6.45, 7) is 3.89. The molecule has 1 aromatic heterocycles. The third-order valence-corrected chi connectivity index (χ3v) is 3.25. The molecule has 1 heterocycles. The second-order valence-electron chi connectivity index (χ2n) is 4.30. The molecule has 1 aromatic rings. The van der Waals surface area contributed by atoms with Crippen LogP contribution in [-0.4, -0.2) is 54.7 Å². The van der Waals surface area contributed by atoms with Crippen molar-refractivity contribution >= 4 is 22.4 Å². The summed E-state index contributed by atoms with van der Waals surface area (Å²) in [5, 5.41) is 11.7. The summed E-state index contributed by atoms with van der Waals surface area (Å²) >= 11 is 1.54. The van der Waals surface area contributed by atoms with E-state index in [0.717, 1.165) is 18.2 Å². The molecule has 0 aliphatic heterocycles. The second-order valence-corrected chi connectivity index (χ2v) is 5.18. The summed E-state index contributed by atoms with van der Waals surface area (Å²) in [5.41, 5.74) is 0. The van der Waals surface area contributed by atoms with Gasteiger partial charge in [-0.2, -0.15) is 0 Å². The molecule has 1 unspecified atom stereocenters. The van der Waals surface area contributed by atoms with Gasteiger partial charge in [-0.1, -0.05) is 6.92 Å². The van der Waals surface area contributed by atoms with Crippen LogP contribution in [0.25, 0.3) is 0 Å². The number of nitrogens with zero attached hydrogens (tertiary/aromatic N) is 3. The van der Waals surface area contributed by atoms with E-state index >= 15 is 0 Å². The Morgan fingerprint density at radius 3 is 2.71 bits per heavy atom. The molecule has 0 aliphatic carbocycles. The van der Waals surface area contributed by atoms with Gasteiger partial charge in [-0.05, 0) is 14.1 Å². The monoisotopic (exact) mass is 257 g/mol. The molecule has 1 N–H and O–H groups in total. The molecule has 6 heteroatoms. The zero-order valence-electron chi connectivity index (χ0n) is 10.5. The standard InChI is InChI=1S/C11H19N3O2S/c1-9(10(15)16)8-14(6-5-13(2)3)11-12-4-7-17-11/h4,7,9H,5-6,8H2,1-3H3,(H,15,16). The molecule has 17 heavy (non-hydrogen) atoms. The maximum Gasteiger partial charge on any atom is 0.308 e. The molecule has 1 atom stereocenters. The third kappa shape index (κ3) is 4.70. The van der Waals surface area contributed by atoms with Crippen molar-refractivity contribution in [2.45, 2.75) is 6.92 Å². The number of carbonyl (C=O) groups is 1. The molecule has 1 rings (SSSR count). The lowest BCUT2D eigenvalue weighted by molar-refractivity contribution is -0.140. The average molecular weight is 257 g/mol. The van der Waals surface area contributed by atoms with Crippen molar-refractivity contribution in [3.8, 4) is 0 Å². The lowest BCUT2D eigenvalue weighted by Gasteiger charge is -2.25. The molecule has 0 spiro atoms. The first-order valence-electron chi connectivity index (χ1n) is 5.52. The smallest absolute Gasteiger partial charge is 0.308 e. The maximum absolute atomic E-state index is 10.9. The van der Waals surface area contributed by atoms with Crippen LogP contribution in [0.15, 0.2) is 11.6 Å². The van der Waals surface area contributed by atoms with E-state index in [1.165, 1.54) is 11.3 Å². The van der Waals surface area contributed by atoms with Crippen LogP contribution in [0.4, 0.5) is 5.13 Å². The van der Waals surface area contributed by atoms with Crippen molar-refractivity contribution in [3.05, 3.63) is 11.6 Å². The van der Waals surface area contributed by atoms with Gasteiger partial charge in [-0.15, -0.1) is 11.3 Å². The van der Waals surface area contributed by atoms with E-state index in [1.807, 2.05) is 24.4 Å². The lowest BCUT2D eigenvalue weighted by Crippen LogP contribution is -2.36. The van der Waals surface area contributed by atoms with E-state index < -0.39 is 5.97 Å². The SMILES string of the molecule is CC(CN(CCN(C)C)c1nccs1)C(=O)O. The summed E-state index contributed by atoms with van der Waals surface area (Å²) in [7, 11) is 4.00. The molecule has 0 saturated carbocycles. The molecule has 0 radical (unpaired) electrons. The minimum Gasteiger partial charge on any atom is -0.481 e. The van der Waals surface area contributed by atoms with Crippen LogP contribution in [-0.2, 0) is 4.79 Å². The summed E-state index contributed by atoms with van der Waals surface area (Å²) in [4.78, 5) is 19.2. The normalized spacial score (nSPS) is 12.7. The van der Waals surface area contributed by atoms with E-state index in [0.29, 0.717) is 6.54 Å². The van der Waals surface area contributed by atoms with Crippen LogP contribution in [0.3, 0.4) is 0 Å². The van der Waals surface area contributed by atoms with Crippen LogP contribution in [0, 0.1) is 5.92 Å². The van der Waals surface area contributed by atoms with Gasteiger partial charge in [-0.25, -0.2) is 4.98 Å². The number of carboxylic acids is 1. The largest absolute Gasteiger partial charge is 0.481 e. The van der Waals surface area contributed by atoms with Crippen molar-refractivity contribution < 1.29 is 9.90 Å². The predicted octanol–water partition coefficient (Wildman–Crippen LogP) is 1.23. The molecule has 0 saturated heterocycles. The molecule has 0 bridgehead atoms. The van der Waals surface area contributed by atoms with Gasteiger partial charge in [0, 0.05) is 31.2 Å². The highest BCUT2D eigenvalue weighted by atomic mass is 32.1. The highest BCUT2D eigenvalue weighted by Crippen LogP contribution is 2.18. The van der Waals surface area contributed by atoms with Gasteiger partial charge in [0.25, 0.3) is 0 Å². The summed E-state index contributed by atoms with van der Waals surface area (Å²) < 4.78 is 0. The minimum absolute atomic E-state index is 0.388. The number of anilines is 1. The van der Waals surface area contributed by atoms with Crippen molar-refractivity contribution in [2.24, 2.45) is 5.92 Å². The Bertz CT molecular complexity index is 340. The predicted molar refractivity (Wildman–Crippen MR) is 69.7 cm³/mol. The number of carboxylic acid groups (broad SMARTS) is 1. The van der Waals surface area contributed by atoms with Crippen LogP contribution >= 0.6 is 11.3 Å². The van der Waals surface area contributed by atoms with Crippen molar-refractivity contribution in [2.75, 3.05) is 38.6 Å². The number of hydrogen-bond acceptors (Lipinski definition) is 5. The van der Waals surface area contributed by atoms with Crippen molar-refractivity contribution in [1.82, 2.24) is 9.88 Å². The van der Waals surface area contributed by atoms with E-state index in [-0.39, 0.29) is 5.92 Å². The van der Waals surface area contributed by atoms with Crippen LogP contribution in [0.2, 0.25) is 0 Å². The number of likely N-dealkylation sites (N-methyl/N-ethyl adjacent to an activating group) is 1. The highest BCUT2D eigenvalue weighted by Gasteiger charge is 2.18. The Labute approximate surface area is 106 Å². The van der Waals surface area contributed by atoms with Gasteiger partial charge in [0.1, 0.15) is 0 Å². The molecule has 96 valence electrons. The molecule has 0 aromatic carbocycles. The maximum atomic E-state index is 10.9. The molecule has 0 amide bonds. The van der Waals surface area contributed by atoms with E-state index in [2.05, 4.69) is 9.88 Å². The molecule has 0 fully saturated rings. The number of rotatable bonds is 7. The fourth-order valence-electron chi connectivity index (χ4n) is 1.37. The van der Waals surface area contributed by atoms with Crippen LogP contribution in [0.5, 0.6) is 0 Å². The van der Waals surface area contributed by atoms with E-state index in [9.17, 15) is 4.79 Å². The third-order valence-electron chi connectivity index (χ3n) is 2.42. The van der Waals surface area contributed by atoms with Crippen LogP contribution < -0.4 is 4.90 Å². The first kappa shape index (κ1) is 13.9. The Balaban J connectivity index is 2.63. The quantitative estimate of drug-likeness (QED) is 0.796. The summed E-state index contributed by atoms with van der Waals surface area (Å²) in [6, 6.07) is 0. The van der Waals surface area contributed by atoms with E-state index in [1.54, 1.807) is 13.1 Å². The molecular formula is C11H19N3O2S. The Morgan fingerprint density at radius 2 is 2.24 bits per heavy atom. The van der Waals surface area contributed by atoms with E-state index in [4.69, 9.17) is 5.11 Å². The van der Waals surface area contributed by atoms with Gasteiger partial charge in [0.2, 0.25) is 0 Å². The van der Waals surface area contributed by atoms with Crippen molar-refractivity contribution in [1.29, 1.82) is 0 Å². The number of aliphatic carboxylic acids is 1. The average Bonchev–Trinajstić information content (AvgIpc) is 2.76. The van der Waals surface area contributed by atoms with Gasteiger partial charge in [0.05, 0.1) is 5.92 Å². The second kappa shape index (κ2) is 6.56. The molecular weight excluding hydrogens is 238 g/mol.